The Bertz CT molecular complexity index is 272. The maximum Gasteiger partial charge on any atom is 0.113 e. The zero-order valence-electron chi connectivity index (χ0n) is 6.99. The highest BCUT2D eigenvalue weighted by Crippen LogP contribution is 2.31. The normalized spacial score (nSPS) is 26.7. The molecule has 12 heavy (non-hydrogen) atoms. The molecule has 1 unspecified atom stereocenters. The Morgan fingerprint density at radius 2 is 2.08 bits per heavy atom. The lowest BCUT2D eigenvalue weighted by molar-refractivity contribution is 0.350. The van der Waals surface area contributed by atoms with E-state index in [0.29, 0.717) is 0 Å². The first-order valence-corrected chi connectivity index (χ1v) is 4.16. The van der Waals surface area contributed by atoms with Gasteiger partial charge in [-0.25, -0.2) is 0 Å². The van der Waals surface area contributed by atoms with Gasteiger partial charge in [0.15, 0.2) is 0 Å². The highest BCUT2D eigenvalue weighted by Gasteiger charge is 2.41. The van der Waals surface area contributed by atoms with Gasteiger partial charge in [-0.1, -0.05) is 36.4 Å². The second kappa shape index (κ2) is 2.76. The molecule has 1 aliphatic heterocycles. The van der Waals surface area contributed by atoms with Gasteiger partial charge < -0.3 is 4.74 Å². The van der Waals surface area contributed by atoms with Crippen molar-refractivity contribution < 1.29 is 4.74 Å². The summed E-state index contributed by atoms with van der Waals surface area (Å²) in [4.78, 5) is 0. The van der Waals surface area contributed by atoms with Crippen molar-refractivity contribution in [1.29, 1.82) is 0 Å². The van der Waals surface area contributed by atoms with Crippen LogP contribution in [0.15, 0.2) is 43.0 Å². The molecule has 0 bridgehead atoms. The Hall–Kier alpha value is -1.08. The van der Waals surface area contributed by atoms with Crippen LogP contribution in [0.2, 0.25) is 0 Å². The summed E-state index contributed by atoms with van der Waals surface area (Å²) in [6.45, 7) is 4.59. The van der Waals surface area contributed by atoms with Crippen molar-refractivity contribution in [2.24, 2.45) is 0 Å². The van der Waals surface area contributed by atoms with Gasteiger partial charge in [0, 0.05) is 6.42 Å². The second-order valence-electron chi connectivity index (χ2n) is 3.22. The summed E-state index contributed by atoms with van der Waals surface area (Å²) in [5, 5.41) is 0. The quantitative estimate of drug-likeness (QED) is 0.487. The Morgan fingerprint density at radius 3 is 2.58 bits per heavy atom. The van der Waals surface area contributed by atoms with Crippen LogP contribution < -0.4 is 0 Å². The van der Waals surface area contributed by atoms with E-state index in [1.165, 1.54) is 5.56 Å². The molecule has 1 heteroatoms. The van der Waals surface area contributed by atoms with Gasteiger partial charge in [-0.15, -0.1) is 6.58 Å². The van der Waals surface area contributed by atoms with E-state index in [-0.39, 0.29) is 5.60 Å². The minimum Gasteiger partial charge on any atom is -0.365 e. The standard InChI is InChI=1S/C11H12O/c1-2-11(9-12-11)8-10-6-4-3-5-7-10/h2-7H,1,8-9H2. The lowest BCUT2D eigenvalue weighted by Crippen LogP contribution is -2.10. The lowest BCUT2D eigenvalue weighted by Gasteiger charge is -2.04. The maximum absolute atomic E-state index is 5.33. The summed E-state index contributed by atoms with van der Waals surface area (Å²) in [5.74, 6) is 0. The fourth-order valence-electron chi connectivity index (χ4n) is 1.33. The van der Waals surface area contributed by atoms with Gasteiger partial charge in [-0.05, 0) is 5.56 Å². The zero-order chi connectivity index (χ0) is 8.44. The van der Waals surface area contributed by atoms with E-state index < -0.39 is 0 Å². The minimum absolute atomic E-state index is 0.0403. The number of epoxide rings is 1. The minimum atomic E-state index is -0.0403. The van der Waals surface area contributed by atoms with E-state index in [2.05, 4.69) is 30.8 Å². The smallest absolute Gasteiger partial charge is 0.113 e. The topological polar surface area (TPSA) is 12.5 Å². The van der Waals surface area contributed by atoms with Crippen LogP contribution in [0.1, 0.15) is 5.56 Å². The SMILES string of the molecule is C=CC1(Cc2ccccc2)CO1. The van der Waals surface area contributed by atoms with E-state index in [9.17, 15) is 0 Å². The van der Waals surface area contributed by atoms with Crippen molar-refractivity contribution in [1.82, 2.24) is 0 Å². The average molecular weight is 160 g/mol. The van der Waals surface area contributed by atoms with Gasteiger partial charge in [-0.3, -0.25) is 0 Å². The molecule has 0 amide bonds. The largest absolute Gasteiger partial charge is 0.365 e. The van der Waals surface area contributed by atoms with E-state index in [1.807, 2.05) is 12.1 Å². The molecule has 1 fully saturated rings. The maximum atomic E-state index is 5.33. The summed E-state index contributed by atoms with van der Waals surface area (Å²) in [6.07, 6.45) is 2.86. The van der Waals surface area contributed by atoms with E-state index >= 15 is 0 Å². The number of ether oxygens (including phenoxy) is 1. The molecule has 1 aromatic carbocycles. The average Bonchev–Trinajstić information content (AvgIpc) is 2.88. The van der Waals surface area contributed by atoms with Crippen molar-refractivity contribution in [2.75, 3.05) is 6.61 Å². The molecule has 62 valence electrons. The molecule has 0 N–H and O–H groups in total. The Labute approximate surface area is 72.7 Å². The highest BCUT2D eigenvalue weighted by molar-refractivity contribution is 5.22. The van der Waals surface area contributed by atoms with Crippen molar-refractivity contribution in [3.63, 3.8) is 0 Å². The lowest BCUT2D eigenvalue weighted by atomic mass is 10.0. The van der Waals surface area contributed by atoms with E-state index in [0.717, 1.165) is 13.0 Å². The van der Waals surface area contributed by atoms with Crippen LogP contribution >= 0.6 is 0 Å². The van der Waals surface area contributed by atoms with Crippen molar-refractivity contribution in [3.05, 3.63) is 48.6 Å². The van der Waals surface area contributed by atoms with Crippen LogP contribution in [0, 0.1) is 0 Å². The molecule has 0 spiro atoms. The third-order valence-corrected chi connectivity index (χ3v) is 2.23. The molecule has 1 atom stereocenters. The van der Waals surface area contributed by atoms with Gasteiger partial charge in [0.2, 0.25) is 0 Å². The van der Waals surface area contributed by atoms with Crippen LogP contribution in [0.4, 0.5) is 0 Å². The van der Waals surface area contributed by atoms with Gasteiger partial charge in [0.05, 0.1) is 6.61 Å². The number of rotatable bonds is 3. The Balaban J connectivity index is 2.09. The number of benzene rings is 1. The summed E-state index contributed by atoms with van der Waals surface area (Å²) in [7, 11) is 0. The van der Waals surface area contributed by atoms with Crippen molar-refractivity contribution in [2.45, 2.75) is 12.0 Å². The van der Waals surface area contributed by atoms with Crippen molar-refractivity contribution >= 4 is 0 Å². The van der Waals surface area contributed by atoms with Crippen LogP contribution in [-0.2, 0) is 11.2 Å². The van der Waals surface area contributed by atoms with Crippen molar-refractivity contribution in [3.8, 4) is 0 Å². The fraction of sp³-hybridized carbons (Fsp3) is 0.273. The first kappa shape index (κ1) is 7.56. The van der Waals surface area contributed by atoms with Crippen LogP contribution in [0.25, 0.3) is 0 Å². The molecule has 2 rings (SSSR count). The molecule has 1 heterocycles. The molecule has 1 aromatic rings. The molecule has 0 radical (unpaired) electrons. The van der Waals surface area contributed by atoms with Gasteiger partial charge in [-0.2, -0.15) is 0 Å². The third kappa shape index (κ3) is 1.41. The molecule has 0 aromatic heterocycles. The molecule has 1 nitrogen and oxygen atoms in total. The first-order chi connectivity index (χ1) is 5.85. The van der Waals surface area contributed by atoms with Gasteiger partial charge >= 0.3 is 0 Å². The molecule has 0 aliphatic carbocycles. The van der Waals surface area contributed by atoms with Crippen LogP contribution in [0.5, 0.6) is 0 Å². The monoisotopic (exact) mass is 160 g/mol. The zero-order valence-corrected chi connectivity index (χ0v) is 6.99. The second-order valence-corrected chi connectivity index (χ2v) is 3.22. The van der Waals surface area contributed by atoms with E-state index in [4.69, 9.17) is 4.74 Å². The van der Waals surface area contributed by atoms with Gasteiger partial charge in [0.1, 0.15) is 5.60 Å². The van der Waals surface area contributed by atoms with Crippen LogP contribution in [-0.4, -0.2) is 12.2 Å². The fourth-order valence-corrected chi connectivity index (χ4v) is 1.33. The molecule has 1 aliphatic rings. The Morgan fingerprint density at radius 1 is 1.42 bits per heavy atom. The predicted molar refractivity (Wildman–Crippen MR) is 49.0 cm³/mol. The Kier molecular flexibility index (Phi) is 1.74. The summed E-state index contributed by atoms with van der Waals surface area (Å²) < 4.78 is 5.33. The highest BCUT2D eigenvalue weighted by atomic mass is 16.6. The van der Waals surface area contributed by atoms with Gasteiger partial charge in [0.25, 0.3) is 0 Å². The first-order valence-electron chi connectivity index (χ1n) is 4.16. The van der Waals surface area contributed by atoms with E-state index in [1.54, 1.807) is 0 Å². The molecule has 1 saturated heterocycles. The summed E-state index contributed by atoms with van der Waals surface area (Å²) >= 11 is 0. The molecular weight excluding hydrogens is 148 g/mol. The summed E-state index contributed by atoms with van der Waals surface area (Å²) in [6, 6.07) is 10.4. The predicted octanol–water partition coefficient (Wildman–Crippen LogP) is 2.18. The third-order valence-electron chi connectivity index (χ3n) is 2.23. The summed E-state index contributed by atoms with van der Waals surface area (Å²) in [5.41, 5.74) is 1.27. The number of hydrogen-bond donors (Lipinski definition) is 0. The van der Waals surface area contributed by atoms with Crippen LogP contribution in [0.3, 0.4) is 0 Å². The number of hydrogen-bond acceptors (Lipinski definition) is 1. The molecular formula is C11H12O. The molecule has 0 saturated carbocycles.